The lowest BCUT2D eigenvalue weighted by molar-refractivity contribution is -0.385. The molecule has 0 unspecified atom stereocenters. The van der Waals surface area contributed by atoms with Crippen LogP contribution in [0, 0.1) is 17.0 Å². The Balaban J connectivity index is 1.49. The smallest absolute Gasteiger partial charge is 0.282 e. The summed E-state index contributed by atoms with van der Waals surface area (Å²) in [5.74, 6) is 1.95. The van der Waals surface area contributed by atoms with Crippen LogP contribution in [0.25, 0.3) is 5.82 Å². The number of piperazine rings is 1. The van der Waals surface area contributed by atoms with E-state index >= 15 is 0 Å². The fourth-order valence-electron chi connectivity index (χ4n) is 3.44. The molecule has 29 heavy (non-hydrogen) atoms. The molecule has 1 saturated heterocycles. The summed E-state index contributed by atoms with van der Waals surface area (Å²) in [4.78, 5) is 36.3. The number of nitro benzene ring substituents is 1. The van der Waals surface area contributed by atoms with Crippen LogP contribution >= 0.6 is 0 Å². The summed E-state index contributed by atoms with van der Waals surface area (Å²) in [5, 5.41) is 11.2. The molecule has 0 aliphatic carbocycles. The number of rotatable bonds is 4. The topological polar surface area (TPSA) is 97.4 Å². The molecule has 1 aliphatic rings. The van der Waals surface area contributed by atoms with Crippen molar-refractivity contribution in [2.45, 2.75) is 6.92 Å². The zero-order chi connectivity index (χ0) is 20.4. The van der Waals surface area contributed by atoms with E-state index in [0.717, 1.165) is 11.6 Å². The van der Waals surface area contributed by atoms with Crippen LogP contribution in [-0.2, 0) is 0 Å². The van der Waals surface area contributed by atoms with Gasteiger partial charge in [0.25, 0.3) is 11.6 Å². The largest absolute Gasteiger partial charge is 0.353 e. The SMILES string of the molecule is Cc1nc(N2CCN(C(=O)c3ccccc3[N+](=O)[O-])CC2)cc(-n2cccc2)n1. The third kappa shape index (κ3) is 3.79. The second kappa shape index (κ2) is 7.70. The first-order valence-corrected chi connectivity index (χ1v) is 9.29. The summed E-state index contributed by atoms with van der Waals surface area (Å²) >= 11 is 0. The van der Waals surface area contributed by atoms with Crippen molar-refractivity contribution in [3.63, 3.8) is 0 Å². The minimum atomic E-state index is -0.518. The molecule has 3 aromatic rings. The maximum absolute atomic E-state index is 12.8. The van der Waals surface area contributed by atoms with E-state index in [1.54, 1.807) is 17.0 Å². The number of carbonyl (C=O) groups is 1. The molecule has 4 rings (SSSR count). The van der Waals surface area contributed by atoms with Crippen molar-refractivity contribution in [2.75, 3.05) is 31.1 Å². The average molecular weight is 392 g/mol. The van der Waals surface area contributed by atoms with Gasteiger partial charge in [-0.05, 0) is 25.1 Å². The summed E-state index contributed by atoms with van der Waals surface area (Å²) in [7, 11) is 0. The molecule has 0 bridgehead atoms. The van der Waals surface area contributed by atoms with Gasteiger partial charge in [-0.1, -0.05) is 12.1 Å². The van der Waals surface area contributed by atoms with Gasteiger partial charge in [-0.15, -0.1) is 0 Å². The van der Waals surface area contributed by atoms with E-state index in [1.807, 2.05) is 42.1 Å². The molecule has 9 heteroatoms. The monoisotopic (exact) mass is 392 g/mol. The molecule has 2 aromatic heterocycles. The van der Waals surface area contributed by atoms with Crippen molar-refractivity contribution in [3.8, 4) is 5.82 Å². The fraction of sp³-hybridized carbons (Fsp3) is 0.250. The molecule has 1 amide bonds. The van der Waals surface area contributed by atoms with Crippen molar-refractivity contribution < 1.29 is 9.72 Å². The van der Waals surface area contributed by atoms with Crippen LogP contribution in [0.15, 0.2) is 54.9 Å². The second-order valence-electron chi connectivity index (χ2n) is 6.78. The van der Waals surface area contributed by atoms with Crippen LogP contribution in [0.2, 0.25) is 0 Å². The predicted molar refractivity (Wildman–Crippen MR) is 107 cm³/mol. The molecule has 1 aliphatic heterocycles. The number of nitrogens with zero attached hydrogens (tertiary/aromatic N) is 6. The second-order valence-corrected chi connectivity index (χ2v) is 6.78. The van der Waals surface area contributed by atoms with E-state index in [4.69, 9.17) is 0 Å². The standard InChI is InChI=1S/C20H20N6O3/c1-15-21-18(23-8-4-5-9-23)14-19(22-15)24-10-12-25(13-11-24)20(27)16-6-2-3-7-17(16)26(28)29/h2-9,14H,10-13H2,1H3. The third-order valence-corrected chi connectivity index (χ3v) is 4.90. The zero-order valence-electron chi connectivity index (χ0n) is 15.9. The number of hydrogen-bond acceptors (Lipinski definition) is 6. The lowest BCUT2D eigenvalue weighted by atomic mass is 10.1. The molecule has 0 spiro atoms. The normalized spacial score (nSPS) is 14.1. The number of aromatic nitrogens is 3. The molecule has 0 N–H and O–H groups in total. The van der Waals surface area contributed by atoms with Gasteiger partial charge in [0.2, 0.25) is 0 Å². The Morgan fingerprint density at radius 2 is 1.66 bits per heavy atom. The summed E-state index contributed by atoms with van der Waals surface area (Å²) < 4.78 is 1.92. The lowest BCUT2D eigenvalue weighted by Crippen LogP contribution is -2.49. The molecular formula is C20H20N6O3. The van der Waals surface area contributed by atoms with Gasteiger partial charge in [0.05, 0.1) is 4.92 Å². The Labute approximate surface area is 167 Å². The first-order valence-electron chi connectivity index (χ1n) is 9.29. The van der Waals surface area contributed by atoms with Crippen molar-refractivity contribution in [1.29, 1.82) is 0 Å². The minimum absolute atomic E-state index is 0.124. The van der Waals surface area contributed by atoms with Gasteiger partial charge in [0, 0.05) is 50.7 Å². The predicted octanol–water partition coefficient (Wildman–Crippen LogP) is 2.45. The highest BCUT2D eigenvalue weighted by Gasteiger charge is 2.27. The number of carbonyl (C=O) groups excluding carboxylic acids is 1. The van der Waals surface area contributed by atoms with Crippen LogP contribution in [-0.4, -0.2) is 56.4 Å². The number of benzene rings is 1. The molecule has 0 atom stereocenters. The molecule has 1 aromatic carbocycles. The number of aryl methyl sites for hydroxylation is 1. The molecule has 0 radical (unpaired) electrons. The van der Waals surface area contributed by atoms with Crippen LogP contribution < -0.4 is 4.90 Å². The highest BCUT2D eigenvalue weighted by atomic mass is 16.6. The summed E-state index contributed by atoms with van der Waals surface area (Å²) in [6.45, 7) is 3.96. The van der Waals surface area contributed by atoms with Gasteiger partial charge in [-0.3, -0.25) is 14.9 Å². The first-order chi connectivity index (χ1) is 14.0. The van der Waals surface area contributed by atoms with Gasteiger partial charge in [0.15, 0.2) is 0 Å². The highest BCUT2D eigenvalue weighted by Crippen LogP contribution is 2.22. The Kier molecular flexibility index (Phi) is 4.94. The Morgan fingerprint density at radius 1 is 1.00 bits per heavy atom. The summed E-state index contributed by atoms with van der Waals surface area (Å²) in [6.07, 6.45) is 3.85. The van der Waals surface area contributed by atoms with Crippen molar-refractivity contribution in [2.24, 2.45) is 0 Å². The van der Waals surface area contributed by atoms with Gasteiger partial charge in [-0.25, -0.2) is 9.97 Å². The van der Waals surface area contributed by atoms with Gasteiger partial charge in [0.1, 0.15) is 23.0 Å². The van der Waals surface area contributed by atoms with E-state index in [9.17, 15) is 14.9 Å². The Hall–Kier alpha value is -3.75. The van der Waals surface area contributed by atoms with Crippen molar-refractivity contribution in [3.05, 3.63) is 76.4 Å². The summed E-state index contributed by atoms with van der Waals surface area (Å²) in [5.41, 5.74) is -0.0403. The van der Waals surface area contributed by atoms with Crippen LogP contribution in [0.5, 0.6) is 0 Å². The molecule has 3 heterocycles. The minimum Gasteiger partial charge on any atom is -0.353 e. The number of nitro groups is 1. The maximum Gasteiger partial charge on any atom is 0.282 e. The van der Waals surface area contributed by atoms with E-state index < -0.39 is 4.92 Å². The van der Waals surface area contributed by atoms with Gasteiger partial charge >= 0.3 is 0 Å². The maximum atomic E-state index is 12.8. The number of amides is 1. The average Bonchev–Trinajstić information content (AvgIpc) is 3.28. The molecule has 9 nitrogen and oxygen atoms in total. The third-order valence-electron chi connectivity index (χ3n) is 4.90. The van der Waals surface area contributed by atoms with E-state index in [0.29, 0.717) is 32.0 Å². The van der Waals surface area contributed by atoms with E-state index in [-0.39, 0.29) is 17.2 Å². The number of anilines is 1. The quantitative estimate of drug-likeness (QED) is 0.500. The Bertz CT molecular complexity index is 1040. The van der Waals surface area contributed by atoms with Gasteiger partial charge < -0.3 is 14.4 Å². The van der Waals surface area contributed by atoms with Crippen LogP contribution in [0.3, 0.4) is 0 Å². The molecule has 148 valence electrons. The molecular weight excluding hydrogens is 372 g/mol. The number of hydrogen-bond donors (Lipinski definition) is 0. The van der Waals surface area contributed by atoms with E-state index in [1.165, 1.54) is 12.1 Å². The highest BCUT2D eigenvalue weighted by molar-refractivity contribution is 5.98. The lowest BCUT2D eigenvalue weighted by Gasteiger charge is -2.35. The van der Waals surface area contributed by atoms with E-state index in [2.05, 4.69) is 14.9 Å². The first kappa shape index (κ1) is 18.6. The number of para-hydroxylation sites is 1. The molecule has 0 saturated carbocycles. The van der Waals surface area contributed by atoms with Crippen LogP contribution in [0.4, 0.5) is 11.5 Å². The summed E-state index contributed by atoms with van der Waals surface area (Å²) in [6, 6.07) is 11.9. The molecule has 1 fully saturated rings. The van der Waals surface area contributed by atoms with Gasteiger partial charge in [-0.2, -0.15) is 0 Å². The zero-order valence-corrected chi connectivity index (χ0v) is 15.9. The van der Waals surface area contributed by atoms with Crippen molar-refractivity contribution >= 4 is 17.4 Å². The van der Waals surface area contributed by atoms with Crippen LogP contribution in [0.1, 0.15) is 16.2 Å². The Morgan fingerprint density at radius 3 is 2.34 bits per heavy atom. The van der Waals surface area contributed by atoms with Crippen molar-refractivity contribution in [1.82, 2.24) is 19.4 Å². The fourth-order valence-corrected chi connectivity index (χ4v) is 3.44.